The van der Waals surface area contributed by atoms with E-state index in [1.807, 2.05) is 52.2 Å². The molecule has 1 heterocycles. The van der Waals surface area contributed by atoms with E-state index in [2.05, 4.69) is 10.4 Å². The van der Waals surface area contributed by atoms with E-state index in [1.165, 1.54) is 7.11 Å². The molecule has 5 nitrogen and oxygen atoms in total. The highest BCUT2D eigenvalue weighted by Crippen LogP contribution is 2.25. The van der Waals surface area contributed by atoms with Crippen LogP contribution >= 0.6 is 0 Å². The molecule has 1 unspecified atom stereocenters. The lowest BCUT2D eigenvalue weighted by Gasteiger charge is -2.17. The van der Waals surface area contributed by atoms with Crippen LogP contribution in [0.1, 0.15) is 40.1 Å². The van der Waals surface area contributed by atoms with Gasteiger partial charge < -0.3 is 10.1 Å². The first kappa shape index (κ1) is 15.1. The predicted octanol–water partition coefficient (Wildman–Crippen LogP) is 3.00. The number of nitrogens with zero attached hydrogens (tertiary/aromatic N) is 2. The van der Waals surface area contributed by atoms with Crippen molar-refractivity contribution in [3.63, 3.8) is 0 Å². The van der Waals surface area contributed by atoms with Gasteiger partial charge in [0.25, 0.3) is 0 Å². The number of anilines is 1. The maximum Gasteiger partial charge on any atom is 0.339 e. The van der Waals surface area contributed by atoms with Crippen LogP contribution in [0.25, 0.3) is 0 Å². The van der Waals surface area contributed by atoms with Crippen molar-refractivity contribution in [3.8, 4) is 0 Å². The number of nitrogens with one attached hydrogen (secondary N) is 1. The van der Waals surface area contributed by atoms with Gasteiger partial charge in [0.2, 0.25) is 0 Å². The topological polar surface area (TPSA) is 56.1 Å². The second kappa shape index (κ2) is 5.99. The van der Waals surface area contributed by atoms with E-state index in [0.29, 0.717) is 5.56 Å². The van der Waals surface area contributed by atoms with Crippen molar-refractivity contribution in [2.45, 2.75) is 26.8 Å². The van der Waals surface area contributed by atoms with Crippen molar-refractivity contribution >= 4 is 11.7 Å². The van der Waals surface area contributed by atoms with Crippen molar-refractivity contribution in [1.29, 1.82) is 0 Å². The van der Waals surface area contributed by atoms with Gasteiger partial charge in [0.1, 0.15) is 0 Å². The number of carbonyl (C=O) groups excluding carboxylic acids is 1. The van der Waals surface area contributed by atoms with Gasteiger partial charge in [-0.15, -0.1) is 0 Å². The molecule has 0 spiro atoms. The summed E-state index contributed by atoms with van der Waals surface area (Å²) in [6.45, 7) is 5.97. The molecule has 0 aliphatic carbocycles. The molecule has 1 atom stereocenters. The van der Waals surface area contributed by atoms with Gasteiger partial charge >= 0.3 is 5.97 Å². The van der Waals surface area contributed by atoms with Gasteiger partial charge in [-0.25, -0.2) is 4.79 Å². The van der Waals surface area contributed by atoms with Gasteiger partial charge in [0, 0.05) is 24.5 Å². The van der Waals surface area contributed by atoms with Crippen molar-refractivity contribution in [2.24, 2.45) is 7.05 Å². The van der Waals surface area contributed by atoms with Crippen LogP contribution in [-0.2, 0) is 11.8 Å². The third-order valence-corrected chi connectivity index (χ3v) is 3.47. The number of aryl methyl sites for hydroxylation is 3. The summed E-state index contributed by atoms with van der Waals surface area (Å²) in [6, 6.07) is 5.75. The second-order valence-electron chi connectivity index (χ2n) is 5.25. The number of rotatable bonds is 4. The van der Waals surface area contributed by atoms with E-state index in [9.17, 15) is 4.79 Å². The van der Waals surface area contributed by atoms with E-state index < -0.39 is 0 Å². The van der Waals surface area contributed by atoms with Crippen LogP contribution in [0.5, 0.6) is 0 Å². The number of benzene rings is 1. The molecular weight excluding hydrogens is 266 g/mol. The van der Waals surface area contributed by atoms with E-state index in [0.717, 1.165) is 22.5 Å². The molecule has 112 valence electrons. The fourth-order valence-corrected chi connectivity index (χ4v) is 2.42. The second-order valence-corrected chi connectivity index (χ2v) is 5.25. The minimum atomic E-state index is -0.337. The minimum Gasteiger partial charge on any atom is -0.465 e. The van der Waals surface area contributed by atoms with Crippen LogP contribution in [0, 0.1) is 13.8 Å². The molecule has 1 aromatic heterocycles. The maximum atomic E-state index is 11.9. The zero-order chi connectivity index (χ0) is 15.6. The Kier molecular flexibility index (Phi) is 4.31. The third kappa shape index (κ3) is 3.24. The molecule has 1 N–H and O–H groups in total. The Morgan fingerprint density at radius 2 is 2.10 bits per heavy atom. The van der Waals surface area contributed by atoms with Crippen molar-refractivity contribution in [1.82, 2.24) is 9.78 Å². The summed E-state index contributed by atoms with van der Waals surface area (Å²) in [5, 5.41) is 7.72. The normalized spacial score (nSPS) is 12.0. The average Bonchev–Trinajstić information content (AvgIpc) is 2.78. The van der Waals surface area contributed by atoms with Gasteiger partial charge in [-0.1, -0.05) is 11.6 Å². The highest BCUT2D eigenvalue weighted by atomic mass is 16.5. The number of hydrogen-bond donors (Lipinski definition) is 1. The standard InChI is InChI=1S/C16H21N3O2/c1-10-6-7-15(13(8-10)16(20)21-5)17-11(2)14-9-19(4)18-12(14)3/h6-9,11,17H,1-5H3. The summed E-state index contributed by atoms with van der Waals surface area (Å²) in [5.74, 6) is -0.337. The van der Waals surface area contributed by atoms with Crippen LogP contribution in [0.15, 0.2) is 24.4 Å². The molecule has 5 heteroatoms. The van der Waals surface area contributed by atoms with Crippen LogP contribution in [0.2, 0.25) is 0 Å². The fraction of sp³-hybridized carbons (Fsp3) is 0.375. The van der Waals surface area contributed by atoms with Crippen LogP contribution in [0.3, 0.4) is 0 Å². The molecule has 0 bridgehead atoms. The summed E-state index contributed by atoms with van der Waals surface area (Å²) in [7, 11) is 3.29. The first-order valence-electron chi connectivity index (χ1n) is 6.88. The first-order valence-corrected chi connectivity index (χ1v) is 6.88. The molecule has 2 rings (SSSR count). The van der Waals surface area contributed by atoms with Gasteiger partial charge in [0.05, 0.1) is 24.4 Å². The summed E-state index contributed by atoms with van der Waals surface area (Å²) in [6.07, 6.45) is 1.99. The van der Waals surface area contributed by atoms with Crippen LogP contribution < -0.4 is 5.32 Å². The predicted molar refractivity (Wildman–Crippen MR) is 82.5 cm³/mol. The maximum absolute atomic E-state index is 11.9. The van der Waals surface area contributed by atoms with Crippen LogP contribution in [-0.4, -0.2) is 22.9 Å². The van der Waals surface area contributed by atoms with Gasteiger partial charge in [0.15, 0.2) is 0 Å². The summed E-state index contributed by atoms with van der Waals surface area (Å²) in [4.78, 5) is 11.9. The monoisotopic (exact) mass is 287 g/mol. The minimum absolute atomic E-state index is 0.0461. The fourth-order valence-electron chi connectivity index (χ4n) is 2.42. The number of esters is 1. The molecule has 0 fully saturated rings. The highest BCUT2D eigenvalue weighted by Gasteiger charge is 2.16. The van der Waals surface area contributed by atoms with Gasteiger partial charge in [-0.2, -0.15) is 5.10 Å². The molecule has 0 aliphatic rings. The number of methoxy groups -OCH3 is 1. The van der Waals surface area contributed by atoms with Crippen molar-refractivity contribution < 1.29 is 9.53 Å². The summed E-state index contributed by atoms with van der Waals surface area (Å²) >= 11 is 0. The number of aromatic nitrogens is 2. The van der Waals surface area contributed by atoms with E-state index >= 15 is 0 Å². The molecule has 0 radical (unpaired) electrons. The van der Waals surface area contributed by atoms with E-state index in [4.69, 9.17) is 4.74 Å². The SMILES string of the molecule is COC(=O)c1cc(C)ccc1NC(C)c1cn(C)nc1C. The molecule has 2 aromatic rings. The Morgan fingerprint density at radius 1 is 1.38 bits per heavy atom. The molecule has 0 amide bonds. The van der Waals surface area contributed by atoms with E-state index in [-0.39, 0.29) is 12.0 Å². The lowest BCUT2D eigenvalue weighted by molar-refractivity contribution is 0.0601. The molecule has 0 saturated carbocycles. The smallest absolute Gasteiger partial charge is 0.339 e. The largest absolute Gasteiger partial charge is 0.465 e. The Morgan fingerprint density at radius 3 is 2.67 bits per heavy atom. The average molecular weight is 287 g/mol. The Labute approximate surface area is 124 Å². The lowest BCUT2D eigenvalue weighted by atomic mass is 10.1. The van der Waals surface area contributed by atoms with Crippen molar-refractivity contribution in [2.75, 3.05) is 12.4 Å². The molecule has 21 heavy (non-hydrogen) atoms. The number of hydrogen-bond acceptors (Lipinski definition) is 4. The molecular formula is C16H21N3O2. The highest BCUT2D eigenvalue weighted by molar-refractivity contribution is 5.95. The third-order valence-electron chi connectivity index (χ3n) is 3.47. The number of ether oxygens (including phenoxy) is 1. The zero-order valence-electron chi connectivity index (χ0n) is 13.1. The van der Waals surface area contributed by atoms with Crippen LogP contribution in [0.4, 0.5) is 5.69 Å². The van der Waals surface area contributed by atoms with E-state index in [1.54, 1.807) is 4.68 Å². The van der Waals surface area contributed by atoms with Crippen molar-refractivity contribution in [3.05, 3.63) is 46.8 Å². The number of carbonyl (C=O) groups is 1. The quantitative estimate of drug-likeness (QED) is 0.878. The Bertz CT molecular complexity index is 662. The Balaban J connectivity index is 2.31. The molecule has 0 aliphatic heterocycles. The van der Waals surface area contributed by atoms with Gasteiger partial charge in [-0.05, 0) is 32.9 Å². The Hall–Kier alpha value is -2.30. The summed E-state index contributed by atoms with van der Waals surface area (Å²) < 4.78 is 6.64. The van der Waals surface area contributed by atoms with Gasteiger partial charge in [-0.3, -0.25) is 4.68 Å². The lowest BCUT2D eigenvalue weighted by Crippen LogP contribution is -2.12. The molecule has 1 aromatic carbocycles. The zero-order valence-corrected chi connectivity index (χ0v) is 13.1. The molecule has 0 saturated heterocycles. The first-order chi connectivity index (χ1) is 9.92. The summed E-state index contributed by atoms with van der Waals surface area (Å²) in [5.41, 5.74) is 4.42.